The highest BCUT2D eigenvalue weighted by atomic mass is 16.1. The van der Waals surface area contributed by atoms with Crippen LogP contribution in [0.4, 0.5) is 11.4 Å². The van der Waals surface area contributed by atoms with Crippen LogP contribution in [-0.4, -0.2) is 19.5 Å². The maximum Gasteiger partial charge on any atom is 0.250 e. The lowest BCUT2D eigenvalue weighted by atomic mass is 9.85. The summed E-state index contributed by atoms with van der Waals surface area (Å²) in [6, 6.07) is 5.42. The predicted octanol–water partition coefficient (Wildman–Crippen LogP) is 1.60. The summed E-state index contributed by atoms with van der Waals surface area (Å²) in [5.74, 6) is 0.290. The van der Waals surface area contributed by atoms with Gasteiger partial charge in [-0.2, -0.15) is 0 Å². The molecule has 0 heterocycles. The predicted molar refractivity (Wildman–Crippen MR) is 70.0 cm³/mol. The van der Waals surface area contributed by atoms with E-state index in [1.165, 1.54) is 19.3 Å². The van der Waals surface area contributed by atoms with E-state index in [0.717, 1.165) is 18.2 Å². The van der Waals surface area contributed by atoms with Crippen molar-refractivity contribution in [2.24, 2.45) is 11.7 Å². The fourth-order valence-electron chi connectivity index (χ4n) is 2.26. The van der Waals surface area contributed by atoms with Gasteiger partial charge in [0.1, 0.15) is 0 Å². The van der Waals surface area contributed by atoms with Crippen LogP contribution in [0.25, 0.3) is 0 Å². The quantitative estimate of drug-likeness (QED) is 0.776. The summed E-state index contributed by atoms with van der Waals surface area (Å²) < 4.78 is 0. The number of benzene rings is 1. The molecule has 0 radical (unpaired) electrons. The number of amides is 1. The van der Waals surface area contributed by atoms with E-state index in [1.54, 1.807) is 6.07 Å². The van der Waals surface area contributed by atoms with Crippen LogP contribution in [0, 0.1) is 5.92 Å². The van der Waals surface area contributed by atoms with Crippen LogP contribution in [0.5, 0.6) is 0 Å². The van der Waals surface area contributed by atoms with E-state index >= 15 is 0 Å². The van der Waals surface area contributed by atoms with Crippen molar-refractivity contribution in [2.75, 3.05) is 24.2 Å². The van der Waals surface area contributed by atoms with Crippen molar-refractivity contribution in [3.8, 4) is 0 Å². The average molecular weight is 233 g/mol. The first kappa shape index (κ1) is 11.8. The Morgan fingerprint density at radius 1 is 1.47 bits per heavy atom. The van der Waals surface area contributed by atoms with Crippen LogP contribution in [0.3, 0.4) is 0 Å². The minimum Gasteiger partial charge on any atom is -0.396 e. The zero-order chi connectivity index (χ0) is 12.4. The second kappa shape index (κ2) is 4.65. The largest absolute Gasteiger partial charge is 0.396 e. The summed E-state index contributed by atoms with van der Waals surface area (Å²) in [7, 11) is 2.01. The minimum atomic E-state index is -0.471. The van der Waals surface area contributed by atoms with Gasteiger partial charge in [0.05, 0.1) is 16.9 Å². The van der Waals surface area contributed by atoms with Gasteiger partial charge < -0.3 is 16.4 Å². The molecule has 92 valence electrons. The van der Waals surface area contributed by atoms with Gasteiger partial charge in [-0.15, -0.1) is 0 Å². The topological polar surface area (TPSA) is 72.3 Å². The average Bonchev–Trinajstić information content (AvgIpc) is 2.23. The Labute approximate surface area is 102 Å². The molecule has 4 nitrogen and oxygen atoms in total. The van der Waals surface area contributed by atoms with Crippen LogP contribution < -0.4 is 16.4 Å². The Morgan fingerprint density at radius 3 is 2.71 bits per heavy atom. The molecule has 0 aliphatic heterocycles. The van der Waals surface area contributed by atoms with E-state index < -0.39 is 5.91 Å². The first-order chi connectivity index (χ1) is 8.09. The summed E-state index contributed by atoms with van der Waals surface area (Å²) in [5, 5.41) is 0. The summed E-state index contributed by atoms with van der Waals surface area (Å²) in [6.07, 6.45) is 3.91. The lowest BCUT2D eigenvalue weighted by molar-refractivity contribution is 0.100. The van der Waals surface area contributed by atoms with Crippen molar-refractivity contribution in [1.82, 2.24) is 0 Å². The van der Waals surface area contributed by atoms with Crippen molar-refractivity contribution in [2.45, 2.75) is 19.3 Å². The molecule has 17 heavy (non-hydrogen) atoms. The Bertz CT molecular complexity index is 427. The number of nitrogen functional groups attached to an aromatic ring is 1. The fraction of sp³-hybridized carbons (Fsp3) is 0.462. The number of primary amides is 1. The molecule has 1 aliphatic carbocycles. The highest BCUT2D eigenvalue weighted by molar-refractivity contribution is 6.00. The maximum absolute atomic E-state index is 11.2. The van der Waals surface area contributed by atoms with Crippen LogP contribution in [0.1, 0.15) is 29.6 Å². The Hall–Kier alpha value is -1.71. The number of nitrogens with two attached hydrogens (primary N) is 2. The molecular formula is C13H19N3O. The van der Waals surface area contributed by atoms with Crippen LogP contribution >= 0.6 is 0 Å². The SMILES string of the molecule is CN(CC1CCC1)c1cccc(C(N)=O)c1N. The highest BCUT2D eigenvalue weighted by Crippen LogP contribution is 2.31. The van der Waals surface area contributed by atoms with E-state index in [0.29, 0.717) is 11.3 Å². The molecule has 0 saturated heterocycles. The number of nitrogens with zero attached hydrogens (tertiary/aromatic N) is 1. The fourth-order valence-corrected chi connectivity index (χ4v) is 2.26. The van der Waals surface area contributed by atoms with E-state index in [-0.39, 0.29) is 0 Å². The van der Waals surface area contributed by atoms with Crippen LogP contribution in [0.2, 0.25) is 0 Å². The maximum atomic E-state index is 11.2. The molecule has 0 atom stereocenters. The van der Waals surface area contributed by atoms with Gasteiger partial charge in [0.15, 0.2) is 0 Å². The minimum absolute atomic E-state index is 0.406. The van der Waals surface area contributed by atoms with Crippen LogP contribution in [0.15, 0.2) is 18.2 Å². The van der Waals surface area contributed by atoms with E-state index in [2.05, 4.69) is 4.90 Å². The van der Waals surface area contributed by atoms with E-state index in [9.17, 15) is 4.79 Å². The molecular weight excluding hydrogens is 214 g/mol. The first-order valence-corrected chi connectivity index (χ1v) is 5.99. The summed E-state index contributed by atoms with van der Waals surface area (Å²) in [5.41, 5.74) is 13.1. The lowest BCUT2D eigenvalue weighted by Crippen LogP contribution is -2.30. The third kappa shape index (κ3) is 2.35. The van der Waals surface area contributed by atoms with Crippen molar-refractivity contribution in [1.29, 1.82) is 0 Å². The zero-order valence-corrected chi connectivity index (χ0v) is 10.1. The number of carbonyl (C=O) groups excluding carboxylic acids is 1. The molecule has 1 saturated carbocycles. The lowest BCUT2D eigenvalue weighted by Gasteiger charge is -2.32. The number of anilines is 2. The van der Waals surface area contributed by atoms with Gasteiger partial charge in [-0.05, 0) is 30.9 Å². The standard InChI is InChI=1S/C13H19N3O/c1-16(8-9-4-2-5-9)11-7-3-6-10(12(11)14)13(15)17/h3,6-7,9H,2,4-5,8,14H2,1H3,(H2,15,17). The molecule has 1 aromatic rings. The van der Waals surface area contributed by atoms with Crippen molar-refractivity contribution < 1.29 is 4.79 Å². The Morgan fingerprint density at radius 2 is 2.18 bits per heavy atom. The molecule has 0 bridgehead atoms. The number of carbonyl (C=O) groups is 1. The Kier molecular flexibility index (Phi) is 3.22. The third-order valence-electron chi connectivity index (χ3n) is 3.52. The summed E-state index contributed by atoms with van der Waals surface area (Å²) in [4.78, 5) is 13.3. The monoisotopic (exact) mass is 233 g/mol. The van der Waals surface area contributed by atoms with Gasteiger partial charge in [-0.1, -0.05) is 12.5 Å². The van der Waals surface area contributed by atoms with Gasteiger partial charge in [-0.25, -0.2) is 0 Å². The van der Waals surface area contributed by atoms with Gasteiger partial charge in [0.2, 0.25) is 0 Å². The van der Waals surface area contributed by atoms with Gasteiger partial charge >= 0.3 is 0 Å². The molecule has 1 amide bonds. The number of rotatable bonds is 4. The molecule has 4 N–H and O–H groups in total. The van der Waals surface area contributed by atoms with Crippen molar-refractivity contribution in [3.05, 3.63) is 23.8 Å². The van der Waals surface area contributed by atoms with Gasteiger partial charge in [0.25, 0.3) is 5.91 Å². The summed E-state index contributed by atoms with van der Waals surface area (Å²) in [6.45, 7) is 0.992. The number of hydrogen-bond donors (Lipinski definition) is 2. The van der Waals surface area contributed by atoms with Gasteiger partial charge in [-0.3, -0.25) is 4.79 Å². The molecule has 1 fully saturated rings. The van der Waals surface area contributed by atoms with Crippen molar-refractivity contribution >= 4 is 17.3 Å². The molecule has 0 spiro atoms. The second-order valence-electron chi connectivity index (χ2n) is 4.78. The first-order valence-electron chi connectivity index (χ1n) is 5.99. The smallest absolute Gasteiger partial charge is 0.250 e. The molecule has 0 aromatic heterocycles. The zero-order valence-electron chi connectivity index (χ0n) is 10.1. The molecule has 4 heteroatoms. The number of para-hydroxylation sites is 1. The highest BCUT2D eigenvalue weighted by Gasteiger charge is 2.20. The third-order valence-corrected chi connectivity index (χ3v) is 3.52. The van der Waals surface area contributed by atoms with Crippen LogP contribution in [-0.2, 0) is 0 Å². The van der Waals surface area contributed by atoms with E-state index in [4.69, 9.17) is 11.5 Å². The summed E-state index contributed by atoms with van der Waals surface area (Å²) >= 11 is 0. The molecule has 1 aliphatic rings. The van der Waals surface area contributed by atoms with Crippen molar-refractivity contribution in [3.63, 3.8) is 0 Å². The number of hydrogen-bond acceptors (Lipinski definition) is 3. The molecule has 2 rings (SSSR count). The second-order valence-corrected chi connectivity index (χ2v) is 4.78. The van der Waals surface area contributed by atoms with Gasteiger partial charge in [0, 0.05) is 13.6 Å². The Balaban J connectivity index is 2.18. The normalized spacial score (nSPS) is 15.4. The molecule has 1 aromatic carbocycles. The van der Waals surface area contributed by atoms with E-state index in [1.807, 2.05) is 19.2 Å². The molecule has 0 unspecified atom stereocenters.